The highest BCUT2D eigenvalue weighted by molar-refractivity contribution is 7.80. The number of carbonyl (C=O) groups excluding carboxylic acids is 1. The van der Waals surface area contributed by atoms with Crippen LogP contribution in [0.4, 0.5) is 5.69 Å². The van der Waals surface area contributed by atoms with Crippen molar-refractivity contribution in [2.45, 2.75) is 19.4 Å². The second-order valence-electron chi connectivity index (χ2n) is 3.91. The lowest BCUT2D eigenvalue weighted by Crippen LogP contribution is -2.45. The Morgan fingerprint density at radius 2 is 2.12 bits per heavy atom. The molecular weight excluding hydrogens is 224 g/mol. The molecular formula is C10H14N4OS. The Kier molecular flexibility index (Phi) is 3.44. The van der Waals surface area contributed by atoms with Gasteiger partial charge in [0, 0.05) is 11.9 Å². The minimum Gasteiger partial charge on any atom is -0.388 e. The van der Waals surface area contributed by atoms with Gasteiger partial charge in [-0.15, -0.1) is 0 Å². The van der Waals surface area contributed by atoms with Gasteiger partial charge in [-0.25, -0.2) is 0 Å². The minimum absolute atomic E-state index is 0.209. The molecule has 0 aliphatic rings. The third kappa shape index (κ3) is 2.90. The van der Waals surface area contributed by atoms with Crippen molar-refractivity contribution in [3.05, 3.63) is 24.0 Å². The van der Waals surface area contributed by atoms with Gasteiger partial charge in [0.25, 0.3) is 0 Å². The molecule has 5 N–H and O–H groups in total. The van der Waals surface area contributed by atoms with Crippen molar-refractivity contribution in [2.24, 2.45) is 11.5 Å². The first-order valence-electron chi connectivity index (χ1n) is 4.67. The Morgan fingerprint density at radius 3 is 2.62 bits per heavy atom. The van der Waals surface area contributed by atoms with Crippen molar-refractivity contribution in [1.29, 1.82) is 0 Å². The number of rotatable bonds is 4. The molecule has 1 amide bonds. The van der Waals surface area contributed by atoms with Gasteiger partial charge in [0.1, 0.15) is 10.5 Å². The van der Waals surface area contributed by atoms with Crippen LogP contribution in [0.15, 0.2) is 18.3 Å². The molecule has 0 unspecified atom stereocenters. The molecule has 1 heterocycles. The van der Waals surface area contributed by atoms with Crippen molar-refractivity contribution in [3.63, 3.8) is 0 Å². The molecule has 1 rings (SSSR count). The van der Waals surface area contributed by atoms with Gasteiger partial charge in [-0.05, 0) is 26.0 Å². The van der Waals surface area contributed by atoms with E-state index in [9.17, 15) is 4.79 Å². The Bertz CT molecular complexity index is 431. The van der Waals surface area contributed by atoms with Crippen LogP contribution >= 0.6 is 12.2 Å². The van der Waals surface area contributed by atoms with Gasteiger partial charge in [-0.1, -0.05) is 12.2 Å². The molecule has 0 aliphatic heterocycles. The van der Waals surface area contributed by atoms with E-state index in [1.807, 2.05) is 0 Å². The van der Waals surface area contributed by atoms with E-state index in [1.165, 1.54) is 0 Å². The predicted octanol–water partition coefficient (Wildman–Crippen LogP) is 0.392. The summed E-state index contributed by atoms with van der Waals surface area (Å²) < 4.78 is 0. The van der Waals surface area contributed by atoms with E-state index in [0.29, 0.717) is 11.4 Å². The fourth-order valence-corrected chi connectivity index (χ4v) is 1.18. The maximum Gasteiger partial charge on any atom is 0.242 e. The molecule has 16 heavy (non-hydrogen) atoms. The van der Waals surface area contributed by atoms with Gasteiger partial charge in [-0.3, -0.25) is 9.78 Å². The second-order valence-corrected chi connectivity index (χ2v) is 4.35. The van der Waals surface area contributed by atoms with Crippen molar-refractivity contribution >= 4 is 28.8 Å². The van der Waals surface area contributed by atoms with Gasteiger partial charge >= 0.3 is 0 Å². The lowest BCUT2D eigenvalue weighted by atomic mass is 10.0. The highest BCUT2D eigenvalue weighted by Crippen LogP contribution is 2.15. The summed E-state index contributed by atoms with van der Waals surface area (Å²) >= 11 is 4.81. The summed E-state index contributed by atoms with van der Waals surface area (Å²) in [5, 5.41) is 2.98. The third-order valence-corrected chi connectivity index (χ3v) is 2.29. The molecule has 0 atom stereocenters. The van der Waals surface area contributed by atoms with E-state index in [0.717, 1.165) is 0 Å². The lowest BCUT2D eigenvalue weighted by Gasteiger charge is -2.23. The van der Waals surface area contributed by atoms with Gasteiger partial charge < -0.3 is 16.8 Å². The van der Waals surface area contributed by atoms with E-state index in [-0.39, 0.29) is 4.99 Å². The van der Waals surface area contributed by atoms with Crippen LogP contribution in [0.25, 0.3) is 0 Å². The summed E-state index contributed by atoms with van der Waals surface area (Å²) in [5.74, 6) is -0.443. The van der Waals surface area contributed by atoms with E-state index < -0.39 is 11.4 Å². The Labute approximate surface area is 99.2 Å². The molecule has 1 aromatic heterocycles. The monoisotopic (exact) mass is 238 g/mol. The average molecular weight is 238 g/mol. The van der Waals surface area contributed by atoms with E-state index in [4.69, 9.17) is 23.7 Å². The van der Waals surface area contributed by atoms with Crippen LogP contribution < -0.4 is 16.8 Å². The van der Waals surface area contributed by atoms with Gasteiger partial charge in [0.15, 0.2) is 0 Å². The normalized spacial score (nSPS) is 10.9. The Balaban J connectivity index is 2.94. The lowest BCUT2D eigenvalue weighted by molar-refractivity contribution is -0.121. The Hall–Kier alpha value is -1.69. The van der Waals surface area contributed by atoms with E-state index >= 15 is 0 Å². The Morgan fingerprint density at radius 1 is 1.50 bits per heavy atom. The van der Waals surface area contributed by atoms with Crippen LogP contribution in [0.1, 0.15) is 19.5 Å². The molecule has 0 saturated heterocycles. The number of nitrogens with one attached hydrogen (secondary N) is 1. The number of aromatic nitrogens is 1. The molecule has 1 aromatic rings. The summed E-state index contributed by atoms with van der Waals surface area (Å²) in [6, 6.07) is 3.39. The highest BCUT2D eigenvalue weighted by atomic mass is 32.1. The van der Waals surface area contributed by atoms with Crippen LogP contribution in [-0.2, 0) is 4.79 Å². The van der Waals surface area contributed by atoms with E-state index in [1.54, 1.807) is 32.2 Å². The quantitative estimate of drug-likeness (QED) is 0.660. The van der Waals surface area contributed by atoms with Crippen LogP contribution in [0.5, 0.6) is 0 Å². The number of nitrogens with zero attached hydrogens (tertiary/aromatic N) is 1. The average Bonchev–Trinajstić information content (AvgIpc) is 2.17. The van der Waals surface area contributed by atoms with Crippen molar-refractivity contribution in [2.75, 3.05) is 5.32 Å². The van der Waals surface area contributed by atoms with Crippen LogP contribution in [0.3, 0.4) is 0 Å². The number of nitrogens with two attached hydrogens (primary N) is 2. The molecule has 0 fully saturated rings. The van der Waals surface area contributed by atoms with Gasteiger partial charge in [0.2, 0.25) is 5.91 Å². The van der Waals surface area contributed by atoms with Crippen molar-refractivity contribution < 1.29 is 4.79 Å². The number of primary amides is 1. The number of hydrogen-bond donors (Lipinski definition) is 3. The summed E-state index contributed by atoms with van der Waals surface area (Å²) in [6.45, 7) is 3.38. The molecule has 6 heteroatoms. The van der Waals surface area contributed by atoms with E-state index in [2.05, 4.69) is 10.3 Å². The van der Waals surface area contributed by atoms with Crippen LogP contribution in [0.2, 0.25) is 0 Å². The first kappa shape index (κ1) is 12.4. The van der Waals surface area contributed by atoms with Gasteiger partial charge in [-0.2, -0.15) is 0 Å². The molecule has 0 spiro atoms. The second kappa shape index (κ2) is 4.44. The third-order valence-electron chi connectivity index (χ3n) is 2.09. The molecule has 0 bridgehead atoms. The first-order valence-corrected chi connectivity index (χ1v) is 5.08. The smallest absolute Gasteiger partial charge is 0.242 e. The summed E-state index contributed by atoms with van der Waals surface area (Å²) in [7, 11) is 0. The van der Waals surface area contributed by atoms with Gasteiger partial charge in [0.05, 0.1) is 5.69 Å². The van der Waals surface area contributed by atoms with Crippen LogP contribution in [-0.4, -0.2) is 21.4 Å². The zero-order chi connectivity index (χ0) is 12.3. The minimum atomic E-state index is -0.838. The number of carbonyl (C=O) groups is 1. The summed E-state index contributed by atoms with van der Waals surface area (Å²) in [4.78, 5) is 15.3. The number of thiocarbonyl (C=S) groups is 1. The maximum atomic E-state index is 11.1. The topological polar surface area (TPSA) is 94.0 Å². The maximum absolute atomic E-state index is 11.1. The fourth-order valence-electron chi connectivity index (χ4n) is 1.07. The summed E-state index contributed by atoms with van der Waals surface area (Å²) in [6.07, 6.45) is 1.56. The molecule has 5 nitrogen and oxygen atoms in total. The zero-order valence-electron chi connectivity index (χ0n) is 9.15. The highest BCUT2D eigenvalue weighted by Gasteiger charge is 2.24. The fraction of sp³-hybridized carbons (Fsp3) is 0.300. The molecule has 0 radical (unpaired) electrons. The number of pyridine rings is 1. The van der Waals surface area contributed by atoms with Crippen LogP contribution in [0, 0.1) is 0 Å². The van der Waals surface area contributed by atoms with Crippen molar-refractivity contribution in [1.82, 2.24) is 4.98 Å². The molecule has 0 aliphatic carbocycles. The molecule has 0 aromatic carbocycles. The number of amides is 1. The number of hydrogen-bond acceptors (Lipinski definition) is 4. The zero-order valence-corrected chi connectivity index (χ0v) is 9.97. The van der Waals surface area contributed by atoms with Crippen molar-refractivity contribution in [3.8, 4) is 0 Å². The predicted molar refractivity (Wildman–Crippen MR) is 67.0 cm³/mol. The largest absolute Gasteiger partial charge is 0.388 e. The first-order chi connectivity index (χ1) is 7.33. The standard InChI is InChI=1S/C10H14N4OS/c1-10(2,9(12)15)14-6-3-4-13-7(5-6)8(11)16/h3-5H,1-2H3,(H2,11,16)(H2,12,15)(H,13,14). The summed E-state index contributed by atoms with van der Waals surface area (Å²) in [5.41, 5.74) is 11.1. The number of anilines is 1. The molecule has 86 valence electrons. The molecule has 0 saturated carbocycles. The SMILES string of the molecule is CC(C)(Nc1ccnc(C(N)=S)c1)C(N)=O.